The lowest BCUT2D eigenvalue weighted by Crippen LogP contribution is -2.37. The van der Waals surface area contributed by atoms with Crippen LogP contribution in [0.15, 0.2) is 46.2 Å². The Morgan fingerprint density at radius 2 is 1.81 bits per heavy atom. The van der Waals surface area contributed by atoms with Crippen LogP contribution in [0.1, 0.15) is 39.5 Å². The van der Waals surface area contributed by atoms with Gasteiger partial charge < -0.3 is 9.08 Å². The normalized spacial score (nSPS) is 21.0. The molecule has 1 atom stereocenters. The second-order valence-electron chi connectivity index (χ2n) is 8.78. The second kappa shape index (κ2) is 10.6. The van der Waals surface area contributed by atoms with Gasteiger partial charge in [0, 0.05) is 29.5 Å². The Morgan fingerprint density at radius 1 is 1.17 bits per heavy atom. The number of hydrogen-bond donors (Lipinski definition) is 2. The van der Waals surface area contributed by atoms with Crippen LogP contribution < -0.4 is 9.08 Å². The maximum absolute atomic E-state index is 13.7. The van der Waals surface area contributed by atoms with E-state index in [9.17, 15) is 35.1 Å². The molecule has 0 bridgehead atoms. The van der Waals surface area contributed by atoms with Gasteiger partial charge >= 0.3 is 15.6 Å². The first kappa shape index (κ1) is 28.9. The number of benzene rings is 2. The van der Waals surface area contributed by atoms with E-state index in [0.717, 1.165) is 30.7 Å². The molecule has 1 aliphatic heterocycles. The predicted molar refractivity (Wildman–Crippen MR) is 135 cm³/mol. The molecule has 2 N–H and O–H groups in total. The molecule has 0 radical (unpaired) electrons. The monoisotopic (exact) mass is 571 g/mol. The summed E-state index contributed by atoms with van der Waals surface area (Å²) >= 11 is 0.948. The number of unbranched alkanes of at least 4 members (excludes halogenated alkanes) is 1. The number of thioether (sulfide) groups is 1. The van der Waals surface area contributed by atoms with E-state index in [2.05, 4.69) is 4.18 Å². The first-order chi connectivity index (χ1) is 16.7. The van der Waals surface area contributed by atoms with Crippen molar-refractivity contribution in [3.05, 3.63) is 42.2 Å². The molecule has 2 aromatic carbocycles. The fourth-order valence-corrected chi connectivity index (χ4v) is 7.61. The van der Waals surface area contributed by atoms with Gasteiger partial charge in [-0.1, -0.05) is 26.7 Å². The Bertz CT molecular complexity index is 1190. The van der Waals surface area contributed by atoms with Gasteiger partial charge in [-0.3, -0.25) is 9.11 Å². The molecule has 0 saturated carbocycles. The Balaban J connectivity index is 2.27. The van der Waals surface area contributed by atoms with E-state index in [-0.39, 0.29) is 21.2 Å². The highest BCUT2D eigenvalue weighted by Crippen LogP contribution is 2.62. The highest BCUT2D eigenvalue weighted by molar-refractivity contribution is 8.24. The zero-order chi connectivity index (χ0) is 26.9. The first-order valence-electron chi connectivity index (χ1n) is 11.2. The van der Waals surface area contributed by atoms with Crippen molar-refractivity contribution in [2.75, 3.05) is 23.5 Å². The van der Waals surface area contributed by atoms with Crippen molar-refractivity contribution < 1.29 is 39.3 Å². The van der Waals surface area contributed by atoms with E-state index in [4.69, 9.17) is 0 Å². The number of hydrogen-bond acceptors (Lipinski definition) is 7. The van der Waals surface area contributed by atoms with Crippen molar-refractivity contribution in [3.8, 4) is 5.75 Å². The Kier molecular flexibility index (Phi) is 8.51. The number of anilines is 2. The molecule has 1 unspecified atom stereocenters. The molecule has 202 valence electrons. The first-order valence-corrected chi connectivity index (χ1v) is 15.6. The SMILES string of the molecule is CCCCC1(CC)CN(c2ccc(F)cc2)c2cc(SC)c(OS(=O)(=O)C(F)(F)F)cc2S(O)(O)C1. The summed E-state index contributed by atoms with van der Waals surface area (Å²) in [6, 6.07) is 7.97. The highest BCUT2D eigenvalue weighted by Gasteiger charge is 2.49. The van der Waals surface area contributed by atoms with Crippen molar-refractivity contribution in [2.24, 2.45) is 5.41 Å². The van der Waals surface area contributed by atoms with Gasteiger partial charge in [-0.2, -0.15) is 32.2 Å². The largest absolute Gasteiger partial charge is 0.534 e. The second-order valence-corrected chi connectivity index (χ2v) is 13.2. The molecule has 0 amide bonds. The van der Waals surface area contributed by atoms with Crippen molar-refractivity contribution in [1.82, 2.24) is 0 Å². The summed E-state index contributed by atoms with van der Waals surface area (Å²) in [6.07, 6.45) is 4.45. The number of halogens is 4. The Morgan fingerprint density at radius 3 is 2.33 bits per heavy atom. The quantitative estimate of drug-likeness (QED) is 0.146. The average Bonchev–Trinajstić information content (AvgIpc) is 2.89. The third-order valence-corrected chi connectivity index (χ3v) is 10.1. The third-order valence-electron chi connectivity index (χ3n) is 6.32. The average molecular weight is 572 g/mol. The van der Waals surface area contributed by atoms with E-state index in [0.29, 0.717) is 25.1 Å². The summed E-state index contributed by atoms with van der Waals surface area (Å²) in [5.41, 5.74) is -5.40. The lowest BCUT2D eigenvalue weighted by molar-refractivity contribution is -0.0500. The fourth-order valence-electron chi connectivity index (χ4n) is 4.31. The molecule has 0 aromatic heterocycles. The molecule has 6 nitrogen and oxygen atoms in total. The van der Waals surface area contributed by atoms with E-state index < -0.39 is 43.2 Å². The molecule has 36 heavy (non-hydrogen) atoms. The van der Waals surface area contributed by atoms with Crippen LogP contribution >= 0.6 is 22.4 Å². The Labute approximate surface area is 214 Å². The van der Waals surface area contributed by atoms with Crippen LogP contribution in [0.25, 0.3) is 0 Å². The van der Waals surface area contributed by atoms with E-state index in [1.165, 1.54) is 36.6 Å². The van der Waals surface area contributed by atoms with Crippen LogP contribution in [0.2, 0.25) is 0 Å². The lowest BCUT2D eigenvalue weighted by Gasteiger charge is -2.41. The standard InChI is InChI=1S/C23H29F4NO5S3/c1-4-6-11-22(5-2)14-28(17-9-7-16(24)8-10-17)18-12-20(34-3)19(13-21(18)35(29,30)15-22)33-36(31,32)23(25,26)27/h7-10,12-13,29-30H,4-6,11,14-15H2,1-3H3. The van der Waals surface area contributed by atoms with E-state index in [1.807, 2.05) is 13.8 Å². The predicted octanol–water partition coefficient (Wildman–Crippen LogP) is 7.62. The number of nitrogens with zero attached hydrogens (tertiary/aromatic N) is 1. The zero-order valence-corrected chi connectivity index (χ0v) is 22.5. The Hall–Kier alpha value is -1.67. The molecule has 2 aromatic rings. The molecule has 0 spiro atoms. The number of fused-ring (bicyclic) bond motifs is 1. The molecule has 0 saturated heterocycles. The summed E-state index contributed by atoms with van der Waals surface area (Å²) < 4.78 is 103. The summed E-state index contributed by atoms with van der Waals surface area (Å²) in [5.74, 6) is -1.17. The lowest BCUT2D eigenvalue weighted by atomic mass is 9.81. The number of rotatable bonds is 8. The summed E-state index contributed by atoms with van der Waals surface area (Å²) in [7, 11) is -9.59. The molecule has 0 fully saturated rings. The van der Waals surface area contributed by atoms with E-state index in [1.54, 1.807) is 4.90 Å². The molecule has 1 heterocycles. The van der Waals surface area contributed by atoms with Crippen LogP contribution in [-0.2, 0) is 10.1 Å². The van der Waals surface area contributed by atoms with Crippen LogP contribution in [0.5, 0.6) is 5.75 Å². The van der Waals surface area contributed by atoms with Gasteiger partial charge in [0.2, 0.25) is 0 Å². The van der Waals surface area contributed by atoms with Crippen LogP contribution in [-0.4, -0.2) is 41.6 Å². The summed E-state index contributed by atoms with van der Waals surface area (Å²) in [5, 5.41) is 0. The fraction of sp³-hybridized carbons (Fsp3) is 0.478. The van der Waals surface area contributed by atoms with Crippen molar-refractivity contribution in [2.45, 2.75) is 54.8 Å². The molecular weight excluding hydrogens is 542 g/mol. The van der Waals surface area contributed by atoms with Gasteiger partial charge in [-0.15, -0.1) is 11.8 Å². The minimum atomic E-state index is -5.99. The van der Waals surface area contributed by atoms with Gasteiger partial charge in [0.25, 0.3) is 0 Å². The van der Waals surface area contributed by atoms with Crippen LogP contribution in [0.3, 0.4) is 0 Å². The van der Waals surface area contributed by atoms with Gasteiger partial charge in [0.15, 0.2) is 5.75 Å². The van der Waals surface area contributed by atoms with Crippen molar-refractivity contribution >= 4 is 43.8 Å². The van der Waals surface area contributed by atoms with Gasteiger partial charge in [0.1, 0.15) is 5.82 Å². The third kappa shape index (κ3) is 5.90. The molecule has 0 aliphatic carbocycles. The van der Waals surface area contributed by atoms with Crippen molar-refractivity contribution in [1.29, 1.82) is 0 Å². The van der Waals surface area contributed by atoms with Gasteiger partial charge in [0.05, 0.1) is 15.5 Å². The highest BCUT2D eigenvalue weighted by atomic mass is 32.3. The number of alkyl halides is 3. The summed E-state index contributed by atoms with van der Waals surface area (Å²) in [4.78, 5) is 1.72. The molecule has 3 rings (SSSR count). The van der Waals surface area contributed by atoms with Crippen LogP contribution in [0.4, 0.5) is 28.9 Å². The molecule has 1 aliphatic rings. The molecular formula is C23H29F4NO5S3. The van der Waals surface area contributed by atoms with Crippen LogP contribution in [0, 0.1) is 11.2 Å². The van der Waals surface area contributed by atoms with Gasteiger partial charge in [-0.25, -0.2) is 4.39 Å². The zero-order valence-electron chi connectivity index (χ0n) is 20.0. The smallest absolute Gasteiger partial charge is 0.375 e. The van der Waals surface area contributed by atoms with E-state index >= 15 is 0 Å². The van der Waals surface area contributed by atoms with Gasteiger partial charge in [-0.05, 0) is 49.4 Å². The maximum atomic E-state index is 13.7. The minimum absolute atomic E-state index is 0.0569. The summed E-state index contributed by atoms with van der Waals surface area (Å²) in [6.45, 7) is 4.29. The topological polar surface area (TPSA) is 87.1 Å². The minimum Gasteiger partial charge on any atom is -0.375 e. The molecule has 13 heteroatoms. The maximum Gasteiger partial charge on any atom is 0.534 e. The van der Waals surface area contributed by atoms with Crippen molar-refractivity contribution in [3.63, 3.8) is 0 Å².